The summed E-state index contributed by atoms with van der Waals surface area (Å²) in [6, 6.07) is 36.0. The first-order valence-corrected chi connectivity index (χ1v) is 13.1. The van der Waals surface area contributed by atoms with Gasteiger partial charge >= 0.3 is 0 Å². The number of pyridine rings is 1. The van der Waals surface area contributed by atoms with Crippen LogP contribution in [0.1, 0.15) is 22.4 Å². The van der Waals surface area contributed by atoms with Gasteiger partial charge < -0.3 is 0 Å². The van der Waals surface area contributed by atoms with Gasteiger partial charge in [-0.05, 0) is 75.8 Å². The molecule has 0 amide bonds. The van der Waals surface area contributed by atoms with Crippen LogP contribution in [0.2, 0.25) is 0 Å². The Labute approximate surface area is 234 Å². The topological polar surface area (TPSA) is 12.9 Å². The highest BCUT2D eigenvalue weighted by molar-refractivity contribution is 5.86. The number of nitrogens with zero attached hydrogens (tertiary/aromatic N) is 1. The Kier molecular flexibility index (Phi) is 5.82. The second-order valence-corrected chi connectivity index (χ2v) is 10.1. The van der Waals surface area contributed by atoms with E-state index in [-0.39, 0.29) is 11.1 Å². The summed E-state index contributed by atoms with van der Waals surface area (Å²) in [6.45, 7) is 0. The molecule has 5 aromatic carbocycles. The van der Waals surface area contributed by atoms with Crippen LogP contribution in [0.25, 0.3) is 33.5 Å². The molecule has 1 aliphatic carbocycles. The van der Waals surface area contributed by atoms with E-state index in [0.29, 0.717) is 17.0 Å². The van der Waals surface area contributed by atoms with Gasteiger partial charge in [0.05, 0.1) is 16.8 Å². The second kappa shape index (κ2) is 9.56. The summed E-state index contributed by atoms with van der Waals surface area (Å²) >= 11 is 0. The summed E-state index contributed by atoms with van der Waals surface area (Å²) in [5.74, 6) is -2.67. The van der Waals surface area contributed by atoms with E-state index >= 15 is 0 Å². The first-order chi connectivity index (χ1) is 20.0. The SMILES string of the molecule is Fc1ccc(-c2cccc(C3(c4cccc(-c5ccc(F)cc5F)n4)c4ccccc4-c4ccccc43)c2)c(F)c1. The Hall–Kier alpha value is -5.03. The van der Waals surface area contributed by atoms with Gasteiger partial charge in [-0.1, -0.05) is 72.8 Å². The summed E-state index contributed by atoms with van der Waals surface area (Å²) in [6.07, 6.45) is 0. The summed E-state index contributed by atoms with van der Waals surface area (Å²) in [5.41, 5.74) is 5.93. The Morgan fingerprint density at radius 3 is 1.68 bits per heavy atom. The van der Waals surface area contributed by atoms with Gasteiger partial charge in [-0.15, -0.1) is 0 Å². The van der Waals surface area contributed by atoms with E-state index in [0.717, 1.165) is 39.9 Å². The molecule has 0 atom stereocenters. The maximum absolute atomic E-state index is 14.9. The zero-order valence-electron chi connectivity index (χ0n) is 21.6. The molecular formula is C36H21F4N. The number of hydrogen-bond donors (Lipinski definition) is 0. The molecule has 5 heteroatoms. The van der Waals surface area contributed by atoms with Crippen LogP contribution in [-0.2, 0) is 5.41 Å². The first-order valence-electron chi connectivity index (χ1n) is 13.1. The largest absolute Gasteiger partial charge is 0.251 e. The van der Waals surface area contributed by atoms with Crippen molar-refractivity contribution in [3.8, 4) is 33.5 Å². The van der Waals surface area contributed by atoms with Crippen LogP contribution in [0.3, 0.4) is 0 Å². The number of aromatic nitrogens is 1. The second-order valence-electron chi connectivity index (χ2n) is 10.1. The molecule has 6 aromatic rings. The summed E-state index contributed by atoms with van der Waals surface area (Å²) < 4.78 is 57.3. The Morgan fingerprint density at radius 1 is 0.463 bits per heavy atom. The van der Waals surface area contributed by atoms with Gasteiger partial charge in [0, 0.05) is 23.3 Å². The predicted octanol–water partition coefficient (Wildman–Crippen LogP) is 9.34. The van der Waals surface area contributed by atoms with Crippen LogP contribution in [0.5, 0.6) is 0 Å². The Bertz CT molecular complexity index is 1820. The lowest BCUT2D eigenvalue weighted by molar-refractivity contribution is 0.584. The lowest BCUT2D eigenvalue weighted by Crippen LogP contribution is -2.30. The van der Waals surface area contributed by atoms with Crippen LogP contribution >= 0.6 is 0 Å². The zero-order valence-corrected chi connectivity index (χ0v) is 21.6. The number of benzene rings is 5. The van der Waals surface area contributed by atoms with Gasteiger partial charge in [-0.3, -0.25) is 4.98 Å². The van der Waals surface area contributed by atoms with Crippen molar-refractivity contribution in [2.75, 3.05) is 0 Å². The minimum absolute atomic E-state index is 0.185. The number of hydrogen-bond acceptors (Lipinski definition) is 1. The lowest BCUT2D eigenvalue weighted by Gasteiger charge is -2.33. The van der Waals surface area contributed by atoms with Gasteiger partial charge in [-0.25, -0.2) is 17.6 Å². The molecule has 1 nitrogen and oxygen atoms in total. The van der Waals surface area contributed by atoms with Gasteiger partial charge in [0.15, 0.2) is 0 Å². The van der Waals surface area contributed by atoms with E-state index in [1.165, 1.54) is 24.3 Å². The molecule has 1 heterocycles. The van der Waals surface area contributed by atoms with Crippen LogP contribution in [0.15, 0.2) is 127 Å². The highest BCUT2D eigenvalue weighted by Gasteiger charge is 2.47. The standard InChI is InChI=1S/C36H21F4N/c37-24-15-17-26(32(39)20-24)22-7-5-8-23(19-22)36(30-11-3-1-9-27(30)28-10-2-4-12-31(28)36)35-14-6-13-34(41-35)29-18-16-25(38)21-33(29)40/h1-21H. The molecule has 0 N–H and O–H groups in total. The van der Waals surface area contributed by atoms with Crippen LogP contribution in [0, 0.1) is 23.3 Å². The molecule has 0 saturated heterocycles. The highest BCUT2D eigenvalue weighted by Crippen LogP contribution is 2.56. The molecule has 1 aliphatic rings. The third-order valence-corrected chi connectivity index (χ3v) is 7.83. The lowest BCUT2D eigenvalue weighted by atomic mass is 9.69. The molecule has 0 aliphatic heterocycles. The third kappa shape index (κ3) is 3.88. The van der Waals surface area contributed by atoms with Gasteiger partial charge in [0.25, 0.3) is 0 Å². The number of halogens is 4. The summed E-state index contributed by atoms with van der Waals surface area (Å²) in [7, 11) is 0. The van der Waals surface area contributed by atoms with E-state index < -0.39 is 28.7 Å². The minimum Gasteiger partial charge on any atom is -0.251 e. The van der Waals surface area contributed by atoms with Gasteiger partial charge in [0.2, 0.25) is 0 Å². The summed E-state index contributed by atoms with van der Waals surface area (Å²) in [4.78, 5) is 5.01. The monoisotopic (exact) mass is 543 g/mol. The molecule has 41 heavy (non-hydrogen) atoms. The average Bonchev–Trinajstić information content (AvgIpc) is 3.29. The predicted molar refractivity (Wildman–Crippen MR) is 152 cm³/mol. The van der Waals surface area contributed by atoms with Crippen molar-refractivity contribution >= 4 is 0 Å². The quantitative estimate of drug-likeness (QED) is 0.202. The normalized spacial score (nSPS) is 13.1. The number of fused-ring (bicyclic) bond motifs is 3. The Balaban J connectivity index is 1.54. The molecule has 7 rings (SSSR count). The average molecular weight is 544 g/mol. The van der Waals surface area contributed by atoms with Crippen LogP contribution in [-0.4, -0.2) is 4.98 Å². The fourth-order valence-electron chi connectivity index (χ4n) is 6.10. The molecule has 0 fully saturated rings. The van der Waals surface area contributed by atoms with Crippen molar-refractivity contribution < 1.29 is 17.6 Å². The van der Waals surface area contributed by atoms with Crippen molar-refractivity contribution in [3.05, 3.63) is 173 Å². The summed E-state index contributed by atoms with van der Waals surface area (Å²) in [5, 5.41) is 0. The van der Waals surface area contributed by atoms with Crippen molar-refractivity contribution in [1.29, 1.82) is 0 Å². The van der Waals surface area contributed by atoms with Crippen molar-refractivity contribution in [3.63, 3.8) is 0 Å². The van der Waals surface area contributed by atoms with E-state index in [2.05, 4.69) is 12.1 Å². The molecule has 1 aromatic heterocycles. The fraction of sp³-hybridized carbons (Fsp3) is 0.0278. The Morgan fingerprint density at radius 2 is 1.05 bits per heavy atom. The molecule has 0 radical (unpaired) electrons. The maximum Gasteiger partial charge on any atom is 0.135 e. The zero-order chi connectivity index (χ0) is 28.1. The van der Waals surface area contributed by atoms with Crippen molar-refractivity contribution in [2.24, 2.45) is 0 Å². The van der Waals surface area contributed by atoms with Crippen LogP contribution < -0.4 is 0 Å². The van der Waals surface area contributed by atoms with E-state index in [9.17, 15) is 17.6 Å². The van der Waals surface area contributed by atoms with E-state index in [1.807, 2.05) is 66.7 Å². The molecule has 198 valence electrons. The third-order valence-electron chi connectivity index (χ3n) is 7.83. The van der Waals surface area contributed by atoms with E-state index in [4.69, 9.17) is 4.98 Å². The fourth-order valence-corrected chi connectivity index (χ4v) is 6.10. The van der Waals surface area contributed by atoms with Crippen LogP contribution in [0.4, 0.5) is 17.6 Å². The van der Waals surface area contributed by atoms with Crippen molar-refractivity contribution in [2.45, 2.75) is 5.41 Å². The van der Waals surface area contributed by atoms with E-state index in [1.54, 1.807) is 12.1 Å². The molecule has 0 unspecified atom stereocenters. The van der Waals surface area contributed by atoms with Gasteiger partial charge in [0.1, 0.15) is 23.3 Å². The van der Waals surface area contributed by atoms with Crippen molar-refractivity contribution in [1.82, 2.24) is 4.98 Å². The molecular weight excluding hydrogens is 522 g/mol. The smallest absolute Gasteiger partial charge is 0.135 e. The highest BCUT2D eigenvalue weighted by atomic mass is 19.1. The maximum atomic E-state index is 14.9. The van der Waals surface area contributed by atoms with Gasteiger partial charge in [-0.2, -0.15) is 0 Å². The number of rotatable bonds is 4. The first kappa shape index (κ1) is 25.0. The molecule has 0 bridgehead atoms. The molecule has 0 spiro atoms. The minimum atomic E-state index is -0.938. The molecule has 0 saturated carbocycles.